The minimum Gasteiger partial charge on any atom is -0.352 e. The van der Waals surface area contributed by atoms with Crippen LogP contribution in [-0.2, 0) is 4.79 Å². The lowest BCUT2D eigenvalue weighted by Gasteiger charge is -2.30. The Labute approximate surface area is 117 Å². The maximum atomic E-state index is 12.1. The Morgan fingerprint density at radius 2 is 1.89 bits per heavy atom. The maximum Gasteiger partial charge on any atom is 0.234 e. The van der Waals surface area contributed by atoms with Gasteiger partial charge in [-0.1, -0.05) is 6.92 Å². The molecular weight excluding hydrogens is 238 g/mol. The summed E-state index contributed by atoms with van der Waals surface area (Å²) in [5.41, 5.74) is 5.82. The van der Waals surface area contributed by atoms with E-state index in [0.717, 1.165) is 24.7 Å². The number of nitrogens with two attached hydrogens (primary N) is 1. The van der Waals surface area contributed by atoms with Gasteiger partial charge in [-0.3, -0.25) is 9.69 Å². The standard InChI is InChI=1S/C15H29N3O/c1-11-3-7-13(8-4-11)17-15(19)10-18(2)14(9-16)12-5-6-12/h11-14H,3-10,16H2,1-2H3,(H,17,19). The van der Waals surface area contributed by atoms with Crippen molar-refractivity contribution in [3.63, 3.8) is 0 Å². The predicted molar refractivity (Wildman–Crippen MR) is 77.8 cm³/mol. The van der Waals surface area contributed by atoms with Gasteiger partial charge in [-0.25, -0.2) is 0 Å². The molecule has 4 nitrogen and oxygen atoms in total. The molecule has 0 spiro atoms. The summed E-state index contributed by atoms with van der Waals surface area (Å²) in [5.74, 6) is 1.71. The molecule has 0 aliphatic heterocycles. The Morgan fingerprint density at radius 3 is 2.42 bits per heavy atom. The highest BCUT2D eigenvalue weighted by Crippen LogP contribution is 2.34. The zero-order valence-electron chi connectivity index (χ0n) is 12.4. The predicted octanol–water partition coefficient (Wildman–Crippen LogP) is 1.35. The lowest BCUT2D eigenvalue weighted by atomic mass is 9.87. The summed E-state index contributed by atoms with van der Waals surface area (Å²) < 4.78 is 0. The Bertz CT molecular complexity index is 296. The maximum absolute atomic E-state index is 12.1. The number of nitrogens with zero attached hydrogens (tertiary/aromatic N) is 1. The molecule has 0 aromatic rings. The van der Waals surface area contributed by atoms with Crippen LogP contribution >= 0.6 is 0 Å². The minimum atomic E-state index is 0.168. The third-order valence-corrected chi connectivity index (χ3v) is 4.75. The first-order valence-electron chi connectivity index (χ1n) is 7.79. The fourth-order valence-electron chi connectivity index (χ4n) is 3.23. The number of likely N-dealkylation sites (N-methyl/N-ethyl adjacent to an activating group) is 1. The third-order valence-electron chi connectivity index (χ3n) is 4.75. The van der Waals surface area contributed by atoms with Crippen molar-refractivity contribution in [2.24, 2.45) is 17.6 Å². The van der Waals surface area contributed by atoms with Gasteiger partial charge in [0, 0.05) is 18.6 Å². The van der Waals surface area contributed by atoms with Crippen LogP contribution in [-0.4, -0.2) is 43.0 Å². The summed E-state index contributed by atoms with van der Waals surface area (Å²) >= 11 is 0. The van der Waals surface area contributed by atoms with E-state index in [-0.39, 0.29) is 5.91 Å². The van der Waals surface area contributed by atoms with Crippen LogP contribution in [0.1, 0.15) is 45.4 Å². The van der Waals surface area contributed by atoms with Crippen LogP contribution in [0.4, 0.5) is 0 Å². The quantitative estimate of drug-likeness (QED) is 0.764. The number of carbonyl (C=O) groups is 1. The zero-order valence-corrected chi connectivity index (χ0v) is 12.4. The molecular formula is C15H29N3O. The van der Waals surface area contributed by atoms with Gasteiger partial charge in [0.15, 0.2) is 0 Å². The van der Waals surface area contributed by atoms with Gasteiger partial charge in [-0.2, -0.15) is 0 Å². The molecule has 0 bridgehead atoms. The van der Waals surface area contributed by atoms with E-state index in [1.54, 1.807) is 0 Å². The molecule has 19 heavy (non-hydrogen) atoms. The number of amides is 1. The molecule has 3 N–H and O–H groups in total. The third kappa shape index (κ3) is 4.46. The molecule has 2 fully saturated rings. The monoisotopic (exact) mass is 267 g/mol. The highest BCUT2D eigenvalue weighted by atomic mass is 16.2. The van der Waals surface area contributed by atoms with Crippen LogP contribution in [0.25, 0.3) is 0 Å². The number of carbonyl (C=O) groups excluding carboxylic acids is 1. The zero-order chi connectivity index (χ0) is 13.8. The topological polar surface area (TPSA) is 58.4 Å². The summed E-state index contributed by atoms with van der Waals surface area (Å²) in [7, 11) is 2.03. The van der Waals surface area contributed by atoms with Crippen LogP contribution in [0.15, 0.2) is 0 Å². The largest absolute Gasteiger partial charge is 0.352 e. The molecule has 2 aliphatic rings. The molecule has 0 heterocycles. The molecule has 4 heteroatoms. The summed E-state index contributed by atoms with van der Waals surface area (Å²) in [5, 5.41) is 3.19. The highest BCUT2D eigenvalue weighted by molar-refractivity contribution is 5.78. The van der Waals surface area contributed by atoms with Crippen molar-refractivity contribution in [1.82, 2.24) is 10.2 Å². The minimum absolute atomic E-state index is 0.168. The van der Waals surface area contributed by atoms with Crippen molar-refractivity contribution in [1.29, 1.82) is 0 Å². The molecule has 0 aromatic carbocycles. The van der Waals surface area contributed by atoms with Crippen molar-refractivity contribution in [2.45, 2.75) is 57.5 Å². The van der Waals surface area contributed by atoms with E-state index in [1.807, 2.05) is 7.05 Å². The summed E-state index contributed by atoms with van der Waals surface area (Å²) in [6.07, 6.45) is 7.31. The summed E-state index contributed by atoms with van der Waals surface area (Å²) in [6.45, 7) is 3.45. The smallest absolute Gasteiger partial charge is 0.234 e. The van der Waals surface area contributed by atoms with Crippen molar-refractivity contribution in [2.75, 3.05) is 20.1 Å². The molecule has 0 saturated heterocycles. The molecule has 0 aromatic heterocycles. The molecule has 1 atom stereocenters. The molecule has 110 valence electrons. The van der Waals surface area contributed by atoms with Crippen molar-refractivity contribution >= 4 is 5.91 Å². The van der Waals surface area contributed by atoms with Crippen LogP contribution in [0.2, 0.25) is 0 Å². The summed E-state index contributed by atoms with van der Waals surface area (Å²) in [6, 6.07) is 0.784. The first-order valence-corrected chi connectivity index (χ1v) is 7.79. The van der Waals surface area contributed by atoms with Crippen LogP contribution in [0.3, 0.4) is 0 Å². The Kier molecular flexibility index (Phi) is 5.22. The van der Waals surface area contributed by atoms with E-state index in [2.05, 4.69) is 17.1 Å². The van der Waals surface area contributed by atoms with Crippen LogP contribution in [0, 0.1) is 11.8 Å². The van der Waals surface area contributed by atoms with Gasteiger partial charge in [-0.15, -0.1) is 0 Å². The van der Waals surface area contributed by atoms with Crippen molar-refractivity contribution in [3.05, 3.63) is 0 Å². The van der Waals surface area contributed by atoms with Gasteiger partial charge in [0.2, 0.25) is 5.91 Å². The molecule has 2 rings (SSSR count). The number of hydrogen-bond donors (Lipinski definition) is 2. The van der Waals surface area contributed by atoms with E-state index in [1.165, 1.54) is 25.7 Å². The summed E-state index contributed by atoms with van der Waals surface area (Å²) in [4.78, 5) is 14.2. The van der Waals surface area contributed by atoms with Gasteiger partial charge in [0.05, 0.1) is 6.54 Å². The van der Waals surface area contributed by atoms with E-state index in [9.17, 15) is 4.79 Å². The Morgan fingerprint density at radius 1 is 1.26 bits per heavy atom. The number of hydrogen-bond acceptors (Lipinski definition) is 3. The van der Waals surface area contributed by atoms with Crippen LogP contribution in [0.5, 0.6) is 0 Å². The van der Waals surface area contributed by atoms with Gasteiger partial charge < -0.3 is 11.1 Å². The molecule has 1 unspecified atom stereocenters. The van der Waals surface area contributed by atoms with Gasteiger partial charge in [0.1, 0.15) is 0 Å². The van der Waals surface area contributed by atoms with E-state index >= 15 is 0 Å². The first-order chi connectivity index (χ1) is 9.10. The molecule has 0 radical (unpaired) electrons. The SMILES string of the molecule is CC1CCC(NC(=O)CN(C)C(CN)C2CC2)CC1. The van der Waals surface area contributed by atoms with E-state index < -0.39 is 0 Å². The average Bonchev–Trinajstić information content (AvgIpc) is 3.17. The second-order valence-electron chi connectivity index (χ2n) is 6.58. The molecule has 2 aliphatic carbocycles. The number of nitrogens with one attached hydrogen (secondary N) is 1. The second kappa shape index (κ2) is 6.71. The average molecular weight is 267 g/mol. The van der Waals surface area contributed by atoms with Gasteiger partial charge in [-0.05, 0) is 57.4 Å². The fraction of sp³-hybridized carbons (Fsp3) is 0.933. The second-order valence-corrected chi connectivity index (χ2v) is 6.58. The van der Waals surface area contributed by atoms with E-state index in [4.69, 9.17) is 5.73 Å². The van der Waals surface area contributed by atoms with Gasteiger partial charge >= 0.3 is 0 Å². The Hall–Kier alpha value is -0.610. The lowest BCUT2D eigenvalue weighted by molar-refractivity contribution is -0.123. The van der Waals surface area contributed by atoms with Crippen LogP contribution < -0.4 is 11.1 Å². The first kappa shape index (κ1) is 14.8. The van der Waals surface area contributed by atoms with Crippen molar-refractivity contribution in [3.8, 4) is 0 Å². The normalized spacial score (nSPS) is 29.3. The molecule has 2 saturated carbocycles. The van der Waals surface area contributed by atoms with Gasteiger partial charge in [0.25, 0.3) is 0 Å². The van der Waals surface area contributed by atoms with E-state index in [0.29, 0.717) is 25.2 Å². The van der Waals surface area contributed by atoms with Crippen molar-refractivity contribution < 1.29 is 4.79 Å². The lowest BCUT2D eigenvalue weighted by Crippen LogP contribution is -2.47. The molecule has 1 amide bonds. The fourth-order valence-corrected chi connectivity index (χ4v) is 3.23. The highest BCUT2D eigenvalue weighted by Gasteiger charge is 2.33. The Balaban J connectivity index is 1.71. The number of rotatable bonds is 6.